The maximum Gasteiger partial charge on any atom is 0.336 e. The molecule has 0 fully saturated rings. The van der Waals surface area contributed by atoms with Gasteiger partial charge in [0, 0.05) is 29.3 Å². The topological polar surface area (TPSA) is 73.9 Å². The van der Waals surface area contributed by atoms with Gasteiger partial charge < -0.3 is 19.5 Å². The Balaban J connectivity index is 1.61. The number of dihydropyridines is 1. The molecule has 0 spiro atoms. The molecule has 3 aliphatic rings. The normalized spacial score (nSPS) is 22.2. The standard InChI is InChI=1S/C25H23NO5/c1-14-22(25(28)29-2)23(16-8-9-20-21(12-16)31-13-30-20)24-18(26-14)10-17(11-19(24)27)15-6-4-3-5-7-15/h3-9,12,17,23,26H,10-11,13H2,1-2H3/t17-,23-/m0/s1. The molecule has 1 aliphatic carbocycles. The number of carbonyl (C=O) groups is 2. The maximum absolute atomic E-state index is 13.5. The number of ketones is 1. The zero-order valence-electron chi connectivity index (χ0n) is 17.4. The van der Waals surface area contributed by atoms with Crippen LogP contribution < -0.4 is 14.8 Å². The van der Waals surface area contributed by atoms with Crippen molar-refractivity contribution >= 4 is 11.8 Å². The lowest BCUT2D eigenvalue weighted by Gasteiger charge is -2.36. The second kappa shape index (κ2) is 7.61. The number of hydrogen-bond acceptors (Lipinski definition) is 6. The number of benzene rings is 2. The lowest BCUT2D eigenvalue weighted by molar-refractivity contribution is -0.136. The first-order valence-corrected chi connectivity index (χ1v) is 10.3. The van der Waals surface area contributed by atoms with Crippen LogP contribution in [-0.2, 0) is 14.3 Å². The molecule has 0 saturated heterocycles. The summed E-state index contributed by atoms with van der Waals surface area (Å²) in [5.41, 5.74) is 4.62. The van der Waals surface area contributed by atoms with Crippen molar-refractivity contribution in [3.05, 3.63) is 82.2 Å². The zero-order chi connectivity index (χ0) is 21.5. The molecule has 6 heteroatoms. The van der Waals surface area contributed by atoms with Gasteiger partial charge in [0.2, 0.25) is 6.79 Å². The smallest absolute Gasteiger partial charge is 0.336 e. The first-order valence-electron chi connectivity index (χ1n) is 10.3. The van der Waals surface area contributed by atoms with E-state index in [4.69, 9.17) is 14.2 Å². The van der Waals surface area contributed by atoms with Crippen molar-refractivity contribution in [3.63, 3.8) is 0 Å². The van der Waals surface area contributed by atoms with Crippen molar-refractivity contribution in [2.75, 3.05) is 13.9 Å². The number of hydrogen-bond donors (Lipinski definition) is 1. The van der Waals surface area contributed by atoms with Crippen LogP contribution in [0, 0.1) is 0 Å². The number of fused-ring (bicyclic) bond motifs is 1. The fraction of sp³-hybridized carbons (Fsp3) is 0.280. The van der Waals surface area contributed by atoms with Crippen molar-refractivity contribution < 1.29 is 23.8 Å². The van der Waals surface area contributed by atoms with E-state index in [1.165, 1.54) is 7.11 Å². The van der Waals surface area contributed by atoms with E-state index in [9.17, 15) is 9.59 Å². The van der Waals surface area contributed by atoms with Crippen LogP contribution >= 0.6 is 0 Å². The molecule has 6 nitrogen and oxygen atoms in total. The molecule has 0 saturated carbocycles. The summed E-state index contributed by atoms with van der Waals surface area (Å²) in [6.45, 7) is 2.02. The summed E-state index contributed by atoms with van der Waals surface area (Å²) >= 11 is 0. The van der Waals surface area contributed by atoms with Crippen molar-refractivity contribution in [1.29, 1.82) is 0 Å². The fourth-order valence-electron chi connectivity index (χ4n) is 4.81. The Labute approximate surface area is 180 Å². The average molecular weight is 417 g/mol. The number of ether oxygens (including phenoxy) is 3. The van der Waals surface area contributed by atoms with Crippen LogP contribution in [0.25, 0.3) is 0 Å². The SMILES string of the molecule is COC(=O)C1=C(C)NC2=C(C(=O)C[C@@H](c3ccccc3)C2)[C@H]1c1ccc2c(c1)OCO2. The van der Waals surface area contributed by atoms with E-state index in [0.717, 1.165) is 16.8 Å². The molecule has 0 bridgehead atoms. The predicted molar refractivity (Wildman–Crippen MR) is 114 cm³/mol. The van der Waals surface area contributed by atoms with Gasteiger partial charge in [0.15, 0.2) is 17.3 Å². The Hall–Kier alpha value is -3.54. The van der Waals surface area contributed by atoms with Crippen LogP contribution in [0.3, 0.4) is 0 Å². The monoisotopic (exact) mass is 417 g/mol. The molecule has 2 atom stereocenters. The zero-order valence-corrected chi connectivity index (χ0v) is 17.4. The lowest BCUT2D eigenvalue weighted by Crippen LogP contribution is -2.36. The third-order valence-corrected chi connectivity index (χ3v) is 6.23. The van der Waals surface area contributed by atoms with Gasteiger partial charge >= 0.3 is 5.97 Å². The molecule has 2 aromatic rings. The number of rotatable bonds is 3. The first-order chi connectivity index (χ1) is 15.1. The lowest BCUT2D eigenvalue weighted by atomic mass is 9.71. The molecule has 158 valence electrons. The quantitative estimate of drug-likeness (QED) is 0.763. The number of Topliss-reactive ketones (excluding diaryl/α,β-unsaturated/α-hetero) is 1. The second-order valence-electron chi connectivity index (χ2n) is 8.03. The molecule has 2 heterocycles. The van der Waals surface area contributed by atoms with Gasteiger partial charge in [0.25, 0.3) is 0 Å². The third kappa shape index (κ3) is 3.28. The van der Waals surface area contributed by atoms with E-state index in [1.807, 2.05) is 43.3 Å². The minimum absolute atomic E-state index is 0.0409. The Kier molecular flexibility index (Phi) is 4.77. The summed E-state index contributed by atoms with van der Waals surface area (Å²) in [4.78, 5) is 26.2. The van der Waals surface area contributed by atoms with Crippen molar-refractivity contribution in [2.45, 2.75) is 31.6 Å². The summed E-state index contributed by atoms with van der Waals surface area (Å²) < 4.78 is 16.1. The van der Waals surface area contributed by atoms with E-state index in [0.29, 0.717) is 41.2 Å². The summed E-state index contributed by atoms with van der Waals surface area (Å²) in [5, 5.41) is 3.35. The van der Waals surface area contributed by atoms with E-state index in [1.54, 1.807) is 0 Å². The Morgan fingerprint density at radius 1 is 1.03 bits per heavy atom. The molecule has 0 amide bonds. The minimum atomic E-state index is -0.512. The van der Waals surface area contributed by atoms with Crippen LogP contribution in [0.5, 0.6) is 11.5 Å². The van der Waals surface area contributed by atoms with Gasteiger partial charge in [0.05, 0.1) is 12.7 Å². The maximum atomic E-state index is 13.5. The van der Waals surface area contributed by atoms with Gasteiger partial charge in [-0.25, -0.2) is 4.79 Å². The number of esters is 1. The first kappa shape index (κ1) is 19.4. The molecule has 2 aliphatic heterocycles. The third-order valence-electron chi connectivity index (χ3n) is 6.23. The summed E-state index contributed by atoms with van der Waals surface area (Å²) in [6, 6.07) is 15.7. The molecule has 1 N–H and O–H groups in total. The average Bonchev–Trinajstić information content (AvgIpc) is 3.26. The number of methoxy groups -OCH3 is 1. The minimum Gasteiger partial charge on any atom is -0.466 e. The van der Waals surface area contributed by atoms with E-state index >= 15 is 0 Å². The van der Waals surface area contributed by atoms with Gasteiger partial charge in [-0.1, -0.05) is 36.4 Å². The molecular weight excluding hydrogens is 394 g/mol. The summed E-state index contributed by atoms with van der Waals surface area (Å²) in [6.07, 6.45) is 1.11. The van der Waals surface area contributed by atoms with Crippen LogP contribution in [0.4, 0.5) is 0 Å². The van der Waals surface area contributed by atoms with Gasteiger partial charge in [-0.05, 0) is 42.5 Å². The number of allylic oxidation sites excluding steroid dienone is 3. The highest BCUT2D eigenvalue weighted by atomic mass is 16.7. The number of nitrogens with one attached hydrogen (secondary N) is 1. The van der Waals surface area contributed by atoms with Crippen LogP contribution in [-0.4, -0.2) is 25.7 Å². The molecular formula is C25H23NO5. The largest absolute Gasteiger partial charge is 0.466 e. The highest BCUT2D eigenvalue weighted by molar-refractivity contribution is 6.04. The van der Waals surface area contributed by atoms with Crippen molar-refractivity contribution in [3.8, 4) is 11.5 Å². The Morgan fingerprint density at radius 2 is 1.81 bits per heavy atom. The summed E-state index contributed by atoms with van der Waals surface area (Å²) in [5.74, 6) is 0.459. The van der Waals surface area contributed by atoms with Crippen LogP contribution in [0.1, 0.15) is 42.7 Å². The highest BCUT2D eigenvalue weighted by Gasteiger charge is 2.41. The highest BCUT2D eigenvalue weighted by Crippen LogP contribution is 2.47. The molecule has 0 aromatic heterocycles. The molecule has 0 radical (unpaired) electrons. The molecule has 0 unspecified atom stereocenters. The second-order valence-corrected chi connectivity index (χ2v) is 8.03. The van der Waals surface area contributed by atoms with Crippen molar-refractivity contribution in [2.24, 2.45) is 0 Å². The Morgan fingerprint density at radius 3 is 2.58 bits per heavy atom. The van der Waals surface area contributed by atoms with Crippen molar-refractivity contribution in [1.82, 2.24) is 5.32 Å². The van der Waals surface area contributed by atoms with Gasteiger partial charge in [-0.15, -0.1) is 0 Å². The Bertz CT molecular complexity index is 1130. The van der Waals surface area contributed by atoms with Crippen LogP contribution in [0.15, 0.2) is 71.1 Å². The summed E-state index contributed by atoms with van der Waals surface area (Å²) in [7, 11) is 1.36. The van der Waals surface area contributed by atoms with Crippen LogP contribution in [0.2, 0.25) is 0 Å². The van der Waals surface area contributed by atoms with Gasteiger partial charge in [-0.2, -0.15) is 0 Å². The van der Waals surface area contributed by atoms with Gasteiger partial charge in [-0.3, -0.25) is 4.79 Å². The molecule has 31 heavy (non-hydrogen) atoms. The fourth-order valence-corrected chi connectivity index (χ4v) is 4.81. The molecule has 2 aromatic carbocycles. The van der Waals surface area contributed by atoms with E-state index in [2.05, 4.69) is 17.4 Å². The van der Waals surface area contributed by atoms with Gasteiger partial charge in [0.1, 0.15) is 0 Å². The van der Waals surface area contributed by atoms with E-state index in [-0.39, 0.29) is 18.5 Å². The molecule has 5 rings (SSSR count). The predicted octanol–water partition coefficient (Wildman–Crippen LogP) is 3.95. The number of carbonyl (C=O) groups excluding carboxylic acids is 2. The van der Waals surface area contributed by atoms with E-state index < -0.39 is 11.9 Å².